The van der Waals surface area contributed by atoms with E-state index in [4.69, 9.17) is 5.11 Å². The molecular formula is C15H11BrO2. The highest BCUT2D eigenvalue weighted by Gasteiger charge is 2.07. The van der Waals surface area contributed by atoms with Gasteiger partial charge >= 0.3 is 5.97 Å². The average Bonchev–Trinajstić information content (AvgIpc) is 2.38. The van der Waals surface area contributed by atoms with Gasteiger partial charge in [-0.25, -0.2) is 4.79 Å². The molecule has 2 rings (SSSR count). The Kier molecular flexibility index (Phi) is 3.95. The van der Waals surface area contributed by atoms with E-state index in [0.717, 1.165) is 11.1 Å². The normalized spacial score (nSPS) is 10.7. The Morgan fingerprint density at radius 2 is 1.67 bits per heavy atom. The molecular weight excluding hydrogens is 292 g/mol. The van der Waals surface area contributed by atoms with Gasteiger partial charge in [0.15, 0.2) is 0 Å². The zero-order chi connectivity index (χ0) is 13.0. The van der Waals surface area contributed by atoms with E-state index in [0.29, 0.717) is 4.47 Å². The van der Waals surface area contributed by atoms with E-state index in [-0.39, 0.29) is 5.56 Å². The van der Waals surface area contributed by atoms with Gasteiger partial charge in [0.05, 0.1) is 5.56 Å². The summed E-state index contributed by atoms with van der Waals surface area (Å²) in [6.07, 6.45) is 3.85. The molecule has 0 aromatic heterocycles. The van der Waals surface area contributed by atoms with Crippen LogP contribution in [-0.2, 0) is 0 Å². The Bertz CT molecular complexity index is 589. The lowest BCUT2D eigenvalue weighted by Gasteiger charge is -2.00. The van der Waals surface area contributed by atoms with E-state index in [1.807, 2.05) is 48.6 Å². The second kappa shape index (κ2) is 5.65. The number of rotatable bonds is 3. The molecule has 18 heavy (non-hydrogen) atoms. The van der Waals surface area contributed by atoms with Gasteiger partial charge in [-0.2, -0.15) is 0 Å². The summed E-state index contributed by atoms with van der Waals surface area (Å²) in [5.41, 5.74) is 2.21. The minimum atomic E-state index is -0.933. The Balaban J connectivity index is 2.28. The minimum Gasteiger partial charge on any atom is -0.478 e. The number of carbonyl (C=O) groups is 1. The molecule has 90 valence electrons. The van der Waals surface area contributed by atoms with E-state index in [9.17, 15) is 4.79 Å². The summed E-state index contributed by atoms with van der Waals surface area (Å²) >= 11 is 3.22. The van der Waals surface area contributed by atoms with Gasteiger partial charge in [-0.15, -0.1) is 0 Å². The molecule has 0 saturated carbocycles. The second-order valence-corrected chi connectivity index (χ2v) is 4.64. The van der Waals surface area contributed by atoms with Crippen LogP contribution in [0.25, 0.3) is 12.2 Å². The molecule has 0 heterocycles. The molecule has 0 unspecified atom stereocenters. The lowest BCUT2D eigenvalue weighted by molar-refractivity contribution is 0.0696. The van der Waals surface area contributed by atoms with E-state index in [2.05, 4.69) is 15.9 Å². The molecule has 0 atom stereocenters. The first-order valence-electron chi connectivity index (χ1n) is 5.43. The van der Waals surface area contributed by atoms with Crippen LogP contribution in [-0.4, -0.2) is 11.1 Å². The molecule has 2 aromatic carbocycles. The summed E-state index contributed by atoms with van der Waals surface area (Å²) in [5, 5.41) is 9.02. The summed E-state index contributed by atoms with van der Waals surface area (Å²) in [6.45, 7) is 0. The zero-order valence-electron chi connectivity index (χ0n) is 9.51. The lowest BCUT2D eigenvalue weighted by Crippen LogP contribution is -1.97. The van der Waals surface area contributed by atoms with Crippen LogP contribution >= 0.6 is 15.9 Å². The molecule has 0 amide bonds. The van der Waals surface area contributed by atoms with Crippen molar-refractivity contribution in [1.29, 1.82) is 0 Å². The molecule has 0 saturated heterocycles. The van der Waals surface area contributed by atoms with E-state index < -0.39 is 5.97 Å². The molecule has 0 fully saturated rings. The largest absolute Gasteiger partial charge is 0.478 e. The first-order chi connectivity index (χ1) is 8.66. The third kappa shape index (κ3) is 3.08. The summed E-state index contributed by atoms with van der Waals surface area (Å²) in [5.74, 6) is -0.933. The summed E-state index contributed by atoms with van der Waals surface area (Å²) in [4.78, 5) is 11.0. The second-order valence-electron chi connectivity index (χ2n) is 3.79. The van der Waals surface area contributed by atoms with Crippen molar-refractivity contribution >= 4 is 34.1 Å². The topological polar surface area (TPSA) is 37.3 Å². The molecule has 3 heteroatoms. The Morgan fingerprint density at radius 1 is 1.00 bits per heavy atom. The fourth-order valence-electron chi connectivity index (χ4n) is 1.57. The first kappa shape index (κ1) is 12.6. The fraction of sp³-hybridized carbons (Fsp3) is 0. The summed E-state index contributed by atoms with van der Waals surface area (Å²) in [7, 11) is 0. The van der Waals surface area contributed by atoms with Gasteiger partial charge in [-0.1, -0.05) is 48.6 Å². The van der Waals surface area contributed by atoms with Crippen LogP contribution in [0.3, 0.4) is 0 Å². The first-order valence-corrected chi connectivity index (χ1v) is 6.22. The number of aromatic carboxylic acids is 1. The Hall–Kier alpha value is -1.87. The van der Waals surface area contributed by atoms with Crippen molar-refractivity contribution in [2.45, 2.75) is 0 Å². The molecule has 0 aliphatic heterocycles. The number of hydrogen-bond acceptors (Lipinski definition) is 1. The van der Waals surface area contributed by atoms with Crippen molar-refractivity contribution < 1.29 is 9.90 Å². The Labute approximate surface area is 114 Å². The highest BCUT2D eigenvalue weighted by atomic mass is 79.9. The van der Waals surface area contributed by atoms with Crippen LogP contribution in [0.5, 0.6) is 0 Å². The third-order valence-corrected chi connectivity index (χ3v) is 3.18. The van der Waals surface area contributed by atoms with Gasteiger partial charge in [0.1, 0.15) is 0 Å². The van der Waals surface area contributed by atoms with Crippen molar-refractivity contribution in [3.63, 3.8) is 0 Å². The predicted octanol–water partition coefficient (Wildman–Crippen LogP) is 4.32. The molecule has 2 aromatic rings. The van der Waals surface area contributed by atoms with Crippen LogP contribution in [0.4, 0.5) is 0 Å². The van der Waals surface area contributed by atoms with Gasteiger partial charge in [-0.05, 0) is 39.2 Å². The van der Waals surface area contributed by atoms with Gasteiger partial charge in [0.2, 0.25) is 0 Å². The van der Waals surface area contributed by atoms with Crippen molar-refractivity contribution in [2.75, 3.05) is 0 Å². The van der Waals surface area contributed by atoms with Crippen molar-refractivity contribution in [2.24, 2.45) is 0 Å². The van der Waals surface area contributed by atoms with Crippen molar-refractivity contribution in [3.8, 4) is 0 Å². The molecule has 1 N–H and O–H groups in total. The van der Waals surface area contributed by atoms with Crippen LogP contribution in [0.15, 0.2) is 53.0 Å². The van der Waals surface area contributed by atoms with Crippen molar-refractivity contribution in [1.82, 2.24) is 0 Å². The fourth-order valence-corrected chi connectivity index (χ4v) is 1.98. The quantitative estimate of drug-likeness (QED) is 0.858. The molecule has 0 spiro atoms. The number of benzene rings is 2. The Morgan fingerprint density at radius 3 is 2.33 bits per heavy atom. The number of carboxylic acids is 1. The maximum absolute atomic E-state index is 11.0. The molecule has 0 aliphatic carbocycles. The van der Waals surface area contributed by atoms with E-state index in [1.165, 1.54) is 0 Å². The number of halogens is 1. The smallest absolute Gasteiger partial charge is 0.336 e. The maximum atomic E-state index is 11.0. The predicted molar refractivity (Wildman–Crippen MR) is 76.5 cm³/mol. The molecule has 2 nitrogen and oxygen atoms in total. The third-order valence-electron chi connectivity index (χ3n) is 2.49. The highest BCUT2D eigenvalue weighted by Crippen LogP contribution is 2.19. The van der Waals surface area contributed by atoms with Gasteiger partial charge in [0.25, 0.3) is 0 Å². The standard InChI is InChI=1S/C15H11BrO2/c16-14-9-8-12(10-13(14)15(17)18)7-6-11-4-2-1-3-5-11/h1-10H,(H,17,18). The highest BCUT2D eigenvalue weighted by molar-refractivity contribution is 9.10. The van der Waals surface area contributed by atoms with Crippen LogP contribution in [0, 0.1) is 0 Å². The number of hydrogen-bond donors (Lipinski definition) is 1. The van der Waals surface area contributed by atoms with E-state index in [1.54, 1.807) is 12.1 Å². The maximum Gasteiger partial charge on any atom is 0.336 e. The number of carboxylic acid groups (broad SMARTS) is 1. The SMILES string of the molecule is O=C(O)c1cc(C=Cc2ccccc2)ccc1Br. The average molecular weight is 303 g/mol. The molecule has 0 aliphatic rings. The van der Waals surface area contributed by atoms with Crippen LogP contribution < -0.4 is 0 Å². The van der Waals surface area contributed by atoms with Gasteiger partial charge < -0.3 is 5.11 Å². The van der Waals surface area contributed by atoms with Gasteiger partial charge in [-0.3, -0.25) is 0 Å². The van der Waals surface area contributed by atoms with E-state index >= 15 is 0 Å². The van der Waals surface area contributed by atoms with Crippen molar-refractivity contribution in [3.05, 3.63) is 69.7 Å². The monoisotopic (exact) mass is 302 g/mol. The zero-order valence-corrected chi connectivity index (χ0v) is 11.1. The summed E-state index contributed by atoms with van der Waals surface area (Å²) in [6, 6.07) is 15.1. The molecule has 0 bridgehead atoms. The van der Waals surface area contributed by atoms with Crippen LogP contribution in [0.1, 0.15) is 21.5 Å². The minimum absolute atomic E-state index is 0.269. The summed E-state index contributed by atoms with van der Waals surface area (Å²) < 4.78 is 0.590. The van der Waals surface area contributed by atoms with Gasteiger partial charge in [0, 0.05) is 4.47 Å². The van der Waals surface area contributed by atoms with Crippen LogP contribution in [0.2, 0.25) is 0 Å². The molecule has 0 radical (unpaired) electrons. The lowest BCUT2D eigenvalue weighted by atomic mass is 10.1.